The third-order valence-electron chi connectivity index (χ3n) is 6.13. The zero-order valence-corrected chi connectivity index (χ0v) is 18.1. The highest BCUT2D eigenvalue weighted by atomic mass is 16.5. The van der Waals surface area contributed by atoms with Crippen molar-refractivity contribution in [1.29, 1.82) is 0 Å². The monoisotopic (exact) mass is 404 g/mol. The number of carbonyl (C=O) groups is 2. The highest BCUT2D eigenvalue weighted by Crippen LogP contribution is 2.37. The number of piperidine rings is 1. The molecule has 0 spiro atoms. The van der Waals surface area contributed by atoms with Crippen LogP contribution < -0.4 is 9.64 Å². The summed E-state index contributed by atoms with van der Waals surface area (Å²) in [6, 6.07) is 13.2. The average molecular weight is 405 g/mol. The number of likely N-dealkylation sites (tertiary alicyclic amines) is 1. The summed E-state index contributed by atoms with van der Waals surface area (Å²) in [5.74, 6) is 0.864. The number of methoxy groups -OCH3 is 1. The van der Waals surface area contributed by atoms with Crippen molar-refractivity contribution < 1.29 is 14.3 Å². The molecule has 1 fully saturated rings. The topological polar surface area (TPSA) is 49.9 Å². The normalized spacial score (nSPS) is 17.9. The highest BCUT2D eigenvalue weighted by Gasteiger charge is 2.43. The molecule has 5 nitrogen and oxygen atoms in total. The van der Waals surface area contributed by atoms with E-state index in [1.54, 1.807) is 7.11 Å². The Morgan fingerprint density at radius 2 is 1.60 bits per heavy atom. The Bertz CT molecular complexity index is 1020. The molecule has 0 radical (unpaired) electrons. The van der Waals surface area contributed by atoms with Gasteiger partial charge in [-0.15, -0.1) is 0 Å². The van der Waals surface area contributed by atoms with Gasteiger partial charge in [0.1, 0.15) is 11.4 Å². The van der Waals surface area contributed by atoms with Crippen molar-refractivity contribution in [2.24, 2.45) is 5.92 Å². The Labute approximate surface area is 177 Å². The maximum atomic E-state index is 13.6. The van der Waals surface area contributed by atoms with Crippen molar-refractivity contribution in [2.75, 3.05) is 25.1 Å². The van der Waals surface area contributed by atoms with Crippen LogP contribution in [0.4, 0.5) is 5.69 Å². The average Bonchev–Trinajstić information content (AvgIpc) is 2.99. The SMILES string of the molecule is COc1ccc(C2=C(N3CCC(C)CC3)C(=O)N(c3ccc(C)cc3C)C2=O)cc1. The Morgan fingerprint density at radius 1 is 0.933 bits per heavy atom. The molecule has 2 aliphatic rings. The Kier molecular flexibility index (Phi) is 5.37. The van der Waals surface area contributed by atoms with Crippen LogP contribution in [0.5, 0.6) is 5.75 Å². The number of imide groups is 1. The largest absolute Gasteiger partial charge is 0.497 e. The van der Waals surface area contributed by atoms with Crippen LogP contribution in [-0.4, -0.2) is 36.9 Å². The van der Waals surface area contributed by atoms with Gasteiger partial charge in [0.05, 0.1) is 18.4 Å². The molecule has 0 unspecified atom stereocenters. The van der Waals surface area contributed by atoms with E-state index in [0.29, 0.717) is 22.9 Å². The molecule has 2 heterocycles. The van der Waals surface area contributed by atoms with Gasteiger partial charge in [-0.3, -0.25) is 9.59 Å². The molecule has 2 amide bonds. The summed E-state index contributed by atoms with van der Waals surface area (Å²) >= 11 is 0. The number of anilines is 1. The van der Waals surface area contributed by atoms with Gasteiger partial charge in [-0.05, 0) is 61.9 Å². The lowest BCUT2D eigenvalue weighted by molar-refractivity contribution is -0.120. The van der Waals surface area contributed by atoms with Gasteiger partial charge in [0.15, 0.2) is 0 Å². The van der Waals surface area contributed by atoms with E-state index in [1.165, 1.54) is 4.90 Å². The van der Waals surface area contributed by atoms with Crippen LogP contribution in [0.25, 0.3) is 5.57 Å². The summed E-state index contributed by atoms with van der Waals surface area (Å²) in [5, 5.41) is 0. The van der Waals surface area contributed by atoms with E-state index in [2.05, 4.69) is 11.8 Å². The van der Waals surface area contributed by atoms with Gasteiger partial charge in [0.25, 0.3) is 11.8 Å². The molecule has 2 aliphatic heterocycles. The van der Waals surface area contributed by atoms with Crippen molar-refractivity contribution in [2.45, 2.75) is 33.6 Å². The summed E-state index contributed by atoms with van der Waals surface area (Å²) in [5.41, 5.74) is 4.43. The molecule has 2 aromatic rings. The minimum absolute atomic E-state index is 0.229. The third-order valence-corrected chi connectivity index (χ3v) is 6.13. The second-order valence-corrected chi connectivity index (χ2v) is 8.36. The minimum Gasteiger partial charge on any atom is -0.497 e. The van der Waals surface area contributed by atoms with E-state index in [4.69, 9.17) is 4.74 Å². The Hall–Kier alpha value is -3.08. The first-order valence-electron chi connectivity index (χ1n) is 10.5. The maximum Gasteiger partial charge on any atom is 0.282 e. The minimum atomic E-state index is -0.259. The molecule has 0 aliphatic carbocycles. The summed E-state index contributed by atoms with van der Waals surface area (Å²) in [6.45, 7) is 7.76. The third kappa shape index (κ3) is 3.49. The number of hydrogen-bond donors (Lipinski definition) is 0. The second-order valence-electron chi connectivity index (χ2n) is 8.36. The van der Waals surface area contributed by atoms with Crippen LogP contribution in [-0.2, 0) is 9.59 Å². The molecule has 0 N–H and O–H groups in total. The highest BCUT2D eigenvalue weighted by molar-refractivity contribution is 6.45. The molecule has 30 heavy (non-hydrogen) atoms. The van der Waals surface area contributed by atoms with E-state index in [-0.39, 0.29) is 11.8 Å². The number of benzene rings is 2. The number of hydrogen-bond acceptors (Lipinski definition) is 4. The molecule has 0 atom stereocenters. The van der Waals surface area contributed by atoms with Crippen LogP contribution >= 0.6 is 0 Å². The molecular formula is C25H28N2O3. The van der Waals surface area contributed by atoms with Gasteiger partial charge in [0, 0.05) is 13.1 Å². The molecule has 1 saturated heterocycles. The van der Waals surface area contributed by atoms with Crippen molar-refractivity contribution in [1.82, 2.24) is 4.90 Å². The lowest BCUT2D eigenvalue weighted by Gasteiger charge is -2.32. The molecule has 0 aromatic heterocycles. The molecule has 2 aromatic carbocycles. The van der Waals surface area contributed by atoms with Crippen molar-refractivity contribution in [3.05, 3.63) is 64.9 Å². The number of nitrogens with zero attached hydrogens (tertiary/aromatic N) is 2. The smallest absolute Gasteiger partial charge is 0.282 e. The van der Waals surface area contributed by atoms with Gasteiger partial charge in [-0.1, -0.05) is 36.8 Å². The molecular weight excluding hydrogens is 376 g/mol. The van der Waals surface area contributed by atoms with Crippen molar-refractivity contribution >= 4 is 23.1 Å². The second kappa shape index (κ2) is 7.98. The zero-order chi connectivity index (χ0) is 21.4. The van der Waals surface area contributed by atoms with E-state index in [9.17, 15) is 9.59 Å². The zero-order valence-electron chi connectivity index (χ0n) is 18.1. The quantitative estimate of drug-likeness (QED) is 0.712. The van der Waals surface area contributed by atoms with Crippen LogP contribution in [0.2, 0.25) is 0 Å². The van der Waals surface area contributed by atoms with Crippen molar-refractivity contribution in [3.8, 4) is 5.75 Å². The van der Waals surface area contributed by atoms with Crippen LogP contribution in [0.3, 0.4) is 0 Å². The first-order valence-corrected chi connectivity index (χ1v) is 10.5. The fraction of sp³-hybridized carbons (Fsp3) is 0.360. The summed E-state index contributed by atoms with van der Waals surface area (Å²) in [6.07, 6.45) is 2.04. The Balaban J connectivity index is 1.81. The lowest BCUT2D eigenvalue weighted by Crippen LogP contribution is -2.38. The number of rotatable bonds is 4. The molecule has 5 heteroatoms. The lowest BCUT2D eigenvalue weighted by atomic mass is 9.97. The van der Waals surface area contributed by atoms with Gasteiger partial charge < -0.3 is 9.64 Å². The van der Waals surface area contributed by atoms with Crippen LogP contribution in [0, 0.1) is 19.8 Å². The summed E-state index contributed by atoms with van der Waals surface area (Å²) in [7, 11) is 1.61. The van der Waals surface area contributed by atoms with Gasteiger partial charge in [-0.25, -0.2) is 4.90 Å². The first-order chi connectivity index (χ1) is 14.4. The van der Waals surface area contributed by atoms with Crippen LogP contribution in [0.1, 0.15) is 36.5 Å². The van der Waals surface area contributed by atoms with Gasteiger partial charge in [-0.2, -0.15) is 0 Å². The number of aryl methyl sites for hydroxylation is 2. The van der Waals surface area contributed by atoms with Crippen molar-refractivity contribution in [3.63, 3.8) is 0 Å². The summed E-state index contributed by atoms with van der Waals surface area (Å²) in [4.78, 5) is 30.7. The predicted octanol–water partition coefficient (Wildman–Crippen LogP) is 4.33. The van der Waals surface area contributed by atoms with Crippen LogP contribution in [0.15, 0.2) is 48.2 Å². The fourth-order valence-corrected chi connectivity index (χ4v) is 4.34. The van der Waals surface area contributed by atoms with E-state index >= 15 is 0 Å². The predicted molar refractivity (Wildman–Crippen MR) is 118 cm³/mol. The van der Waals surface area contributed by atoms with E-state index in [1.807, 2.05) is 56.3 Å². The molecule has 0 bridgehead atoms. The van der Waals surface area contributed by atoms with Gasteiger partial charge >= 0.3 is 0 Å². The number of amides is 2. The van der Waals surface area contributed by atoms with Gasteiger partial charge in [0.2, 0.25) is 0 Å². The van der Waals surface area contributed by atoms with E-state index in [0.717, 1.165) is 48.4 Å². The summed E-state index contributed by atoms with van der Waals surface area (Å²) < 4.78 is 5.26. The molecule has 156 valence electrons. The fourth-order valence-electron chi connectivity index (χ4n) is 4.34. The maximum absolute atomic E-state index is 13.6. The number of ether oxygens (including phenoxy) is 1. The van der Waals surface area contributed by atoms with E-state index < -0.39 is 0 Å². The molecule has 4 rings (SSSR count). The standard InChI is InChI=1S/C25H28N2O3/c1-16-11-13-26(14-12-16)23-22(19-6-8-20(30-4)9-7-19)24(28)27(25(23)29)21-10-5-17(2)15-18(21)3/h5-10,15-16H,11-14H2,1-4H3. The number of carbonyl (C=O) groups excluding carboxylic acids is 2. The Morgan fingerprint density at radius 3 is 2.20 bits per heavy atom. The first kappa shape index (κ1) is 20.2. The molecule has 0 saturated carbocycles.